The van der Waals surface area contributed by atoms with Crippen LogP contribution in [0.15, 0.2) is 35.2 Å². The summed E-state index contributed by atoms with van der Waals surface area (Å²) in [6.07, 6.45) is 1.41. The van der Waals surface area contributed by atoms with Crippen molar-refractivity contribution in [2.45, 2.75) is 6.92 Å². The van der Waals surface area contributed by atoms with Crippen molar-refractivity contribution in [3.05, 3.63) is 40.8 Å². The van der Waals surface area contributed by atoms with Crippen LogP contribution in [0.2, 0.25) is 0 Å². The van der Waals surface area contributed by atoms with Crippen LogP contribution in [0, 0.1) is 0 Å². The maximum atomic E-state index is 10.6. The molecular weight excluding hydrogens is 188 g/mol. The van der Waals surface area contributed by atoms with Gasteiger partial charge in [0.15, 0.2) is 0 Å². The summed E-state index contributed by atoms with van der Waals surface area (Å²) in [5.41, 5.74) is 0.748. The minimum atomic E-state index is -4.04. The van der Waals surface area contributed by atoms with Crippen LogP contribution in [0.25, 0.3) is 6.08 Å². The van der Waals surface area contributed by atoms with Crippen molar-refractivity contribution in [1.82, 2.24) is 0 Å². The summed E-state index contributed by atoms with van der Waals surface area (Å²) < 4.78 is 29.9. The molecule has 1 aromatic rings. The third kappa shape index (κ3) is 3.01. The molecule has 0 bridgehead atoms. The summed E-state index contributed by atoms with van der Waals surface area (Å²) >= 11 is 0. The molecule has 0 heterocycles. The minimum Gasteiger partial charge on any atom is -0.282 e. The zero-order valence-corrected chi connectivity index (χ0v) is 7.95. The second-order valence-corrected chi connectivity index (χ2v) is 4.23. The van der Waals surface area contributed by atoms with Crippen LogP contribution in [0.5, 0.6) is 0 Å². The van der Waals surface area contributed by atoms with Gasteiger partial charge in [0, 0.05) is 0 Å². The third-order valence-corrected chi connectivity index (χ3v) is 2.51. The van der Waals surface area contributed by atoms with E-state index in [-0.39, 0.29) is 4.91 Å². The molecule has 0 aliphatic heterocycles. The first kappa shape index (κ1) is 9.95. The van der Waals surface area contributed by atoms with Crippen molar-refractivity contribution < 1.29 is 13.0 Å². The van der Waals surface area contributed by atoms with Crippen molar-refractivity contribution in [1.29, 1.82) is 0 Å². The Hall–Kier alpha value is -1.13. The lowest BCUT2D eigenvalue weighted by Crippen LogP contribution is -1.97. The van der Waals surface area contributed by atoms with Crippen LogP contribution < -0.4 is 0 Å². The molecule has 1 aromatic carbocycles. The van der Waals surface area contributed by atoms with Gasteiger partial charge in [-0.15, -0.1) is 0 Å². The number of hydrogen-bond acceptors (Lipinski definition) is 2. The first-order valence-electron chi connectivity index (χ1n) is 3.71. The van der Waals surface area contributed by atoms with E-state index in [9.17, 15) is 8.42 Å². The molecule has 3 nitrogen and oxygen atoms in total. The Bertz CT molecular complexity index is 404. The molecule has 0 aromatic heterocycles. The fraction of sp³-hybridized carbons (Fsp3) is 0.111. The molecule has 1 N–H and O–H groups in total. The van der Waals surface area contributed by atoms with Gasteiger partial charge in [0.25, 0.3) is 10.1 Å². The van der Waals surface area contributed by atoms with Crippen molar-refractivity contribution in [2.75, 3.05) is 0 Å². The van der Waals surface area contributed by atoms with Crippen molar-refractivity contribution in [3.8, 4) is 0 Å². The predicted octanol–water partition coefficient (Wildman–Crippen LogP) is 1.94. The first-order chi connectivity index (χ1) is 6.00. The zero-order chi connectivity index (χ0) is 9.90. The molecule has 0 radical (unpaired) electrons. The molecule has 0 aliphatic rings. The van der Waals surface area contributed by atoms with E-state index in [1.54, 1.807) is 24.3 Å². The van der Waals surface area contributed by atoms with Gasteiger partial charge in [-0.1, -0.05) is 30.3 Å². The van der Waals surface area contributed by atoms with E-state index in [0.29, 0.717) is 0 Å². The topological polar surface area (TPSA) is 54.4 Å². The molecule has 0 spiro atoms. The highest BCUT2D eigenvalue weighted by Gasteiger charge is 2.06. The van der Waals surface area contributed by atoms with Gasteiger partial charge in [0.2, 0.25) is 0 Å². The summed E-state index contributed by atoms with van der Waals surface area (Å²) in [6.45, 7) is 1.35. The van der Waals surface area contributed by atoms with Crippen molar-refractivity contribution in [3.63, 3.8) is 0 Å². The van der Waals surface area contributed by atoms with Gasteiger partial charge < -0.3 is 0 Å². The molecule has 0 fully saturated rings. The van der Waals surface area contributed by atoms with Crippen molar-refractivity contribution >= 4 is 16.2 Å². The van der Waals surface area contributed by atoms with E-state index in [1.807, 2.05) is 6.07 Å². The Kier molecular flexibility index (Phi) is 2.85. The Morgan fingerprint density at radius 3 is 2.31 bits per heavy atom. The van der Waals surface area contributed by atoms with Crippen LogP contribution in [0.1, 0.15) is 12.5 Å². The van der Waals surface area contributed by atoms with Crippen LogP contribution in [-0.2, 0) is 10.1 Å². The monoisotopic (exact) mass is 198 g/mol. The van der Waals surface area contributed by atoms with Crippen LogP contribution in [-0.4, -0.2) is 13.0 Å². The number of allylic oxidation sites excluding steroid dienone is 1. The highest BCUT2D eigenvalue weighted by molar-refractivity contribution is 7.89. The molecule has 0 saturated heterocycles. The summed E-state index contributed by atoms with van der Waals surface area (Å²) in [6, 6.07) is 8.94. The molecule has 0 atom stereocenters. The van der Waals surface area contributed by atoms with Gasteiger partial charge >= 0.3 is 0 Å². The lowest BCUT2D eigenvalue weighted by atomic mass is 10.2. The average Bonchev–Trinajstić information content (AvgIpc) is 2.04. The summed E-state index contributed by atoms with van der Waals surface area (Å²) in [5, 5.41) is 0. The van der Waals surface area contributed by atoms with Gasteiger partial charge in [-0.05, 0) is 18.6 Å². The molecule has 13 heavy (non-hydrogen) atoms. The van der Waals surface area contributed by atoms with E-state index < -0.39 is 10.1 Å². The lowest BCUT2D eigenvalue weighted by molar-refractivity contribution is 0.491. The van der Waals surface area contributed by atoms with Gasteiger partial charge in [-0.2, -0.15) is 8.42 Å². The predicted molar refractivity (Wildman–Crippen MR) is 51.6 cm³/mol. The highest BCUT2D eigenvalue weighted by atomic mass is 32.2. The van der Waals surface area contributed by atoms with Gasteiger partial charge in [-0.3, -0.25) is 4.55 Å². The van der Waals surface area contributed by atoms with E-state index in [1.165, 1.54) is 13.0 Å². The standard InChI is InChI=1S/C9H10O3S/c1-8(13(10,11)12)7-9-5-3-2-4-6-9/h2-7H,1H3,(H,10,11,12)/b8-7+. The fourth-order valence-electron chi connectivity index (χ4n) is 0.858. The molecular formula is C9H10O3S. The SMILES string of the molecule is C/C(=C\c1ccccc1)S(=O)(=O)O. The van der Waals surface area contributed by atoms with Gasteiger partial charge in [0.05, 0.1) is 4.91 Å². The number of hydrogen-bond donors (Lipinski definition) is 1. The molecule has 0 aliphatic carbocycles. The normalized spacial score (nSPS) is 12.9. The number of benzene rings is 1. The Morgan fingerprint density at radius 2 is 1.85 bits per heavy atom. The van der Waals surface area contributed by atoms with E-state index in [0.717, 1.165) is 5.56 Å². The smallest absolute Gasteiger partial charge is 0.282 e. The molecule has 4 heteroatoms. The lowest BCUT2D eigenvalue weighted by Gasteiger charge is -1.96. The Labute approximate surface area is 77.5 Å². The fourth-order valence-corrected chi connectivity index (χ4v) is 1.14. The number of rotatable bonds is 2. The summed E-state index contributed by atoms with van der Waals surface area (Å²) in [7, 11) is -4.04. The zero-order valence-electron chi connectivity index (χ0n) is 7.14. The average molecular weight is 198 g/mol. The molecule has 1 rings (SSSR count). The van der Waals surface area contributed by atoms with E-state index >= 15 is 0 Å². The molecule has 70 valence electrons. The molecule has 0 unspecified atom stereocenters. The van der Waals surface area contributed by atoms with Crippen LogP contribution >= 0.6 is 0 Å². The summed E-state index contributed by atoms with van der Waals surface area (Å²) in [4.78, 5) is -0.0568. The maximum Gasteiger partial charge on any atom is 0.290 e. The largest absolute Gasteiger partial charge is 0.290 e. The molecule has 0 saturated carbocycles. The molecule has 0 amide bonds. The van der Waals surface area contributed by atoms with Crippen LogP contribution in [0.3, 0.4) is 0 Å². The van der Waals surface area contributed by atoms with Crippen LogP contribution in [0.4, 0.5) is 0 Å². The Morgan fingerprint density at radius 1 is 1.31 bits per heavy atom. The third-order valence-electron chi connectivity index (χ3n) is 1.58. The maximum absolute atomic E-state index is 10.6. The quantitative estimate of drug-likeness (QED) is 0.739. The van der Waals surface area contributed by atoms with Gasteiger partial charge in [0.1, 0.15) is 0 Å². The van der Waals surface area contributed by atoms with E-state index in [4.69, 9.17) is 4.55 Å². The summed E-state index contributed by atoms with van der Waals surface area (Å²) in [5.74, 6) is 0. The second kappa shape index (κ2) is 3.72. The minimum absolute atomic E-state index is 0.0568. The second-order valence-electron chi connectivity index (χ2n) is 2.64. The van der Waals surface area contributed by atoms with Gasteiger partial charge in [-0.25, -0.2) is 0 Å². The first-order valence-corrected chi connectivity index (χ1v) is 5.15. The van der Waals surface area contributed by atoms with Crippen molar-refractivity contribution in [2.24, 2.45) is 0 Å². The highest BCUT2D eigenvalue weighted by Crippen LogP contribution is 2.09. The van der Waals surface area contributed by atoms with E-state index in [2.05, 4.69) is 0 Å². The Balaban J connectivity index is 3.04.